The van der Waals surface area contributed by atoms with Gasteiger partial charge in [0.05, 0.1) is 29.0 Å². The van der Waals surface area contributed by atoms with Gasteiger partial charge in [0.25, 0.3) is 5.69 Å². The molecule has 4 saturated carbocycles. The lowest BCUT2D eigenvalue weighted by Crippen LogP contribution is -2.29. The van der Waals surface area contributed by atoms with Gasteiger partial charge in [-0.2, -0.15) is 19.9 Å². The Kier molecular flexibility index (Phi) is 28.7. The van der Waals surface area contributed by atoms with Crippen molar-refractivity contribution in [3.8, 4) is 11.1 Å². The van der Waals surface area contributed by atoms with Gasteiger partial charge in [-0.25, -0.2) is 46.9 Å². The largest absolute Gasteiger partial charge is 0.459 e. The summed E-state index contributed by atoms with van der Waals surface area (Å²) in [7, 11) is 3.48. The highest BCUT2D eigenvalue weighted by molar-refractivity contribution is 5.89. The van der Waals surface area contributed by atoms with Gasteiger partial charge in [-0.05, 0) is 100.0 Å². The summed E-state index contributed by atoms with van der Waals surface area (Å²) in [5, 5.41) is 32.2. The molecule has 0 saturated heterocycles. The number of carbonyl (C=O) groups excluding carboxylic acids is 2. The van der Waals surface area contributed by atoms with Crippen LogP contribution in [0.25, 0.3) is 11.1 Å². The Bertz CT molecular complexity index is 3990. The quantitative estimate of drug-likeness (QED) is 0.0206. The number of hydrogen-bond donors (Lipinski definition) is 6. The molecular weight excluding hydrogens is 1240 g/mol. The first-order chi connectivity index (χ1) is 43.4. The van der Waals surface area contributed by atoms with Crippen molar-refractivity contribution in [1.29, 1.82) is 0 Å². The van der Waals surface area contributed by atoms with Crippen LogP contribution in [0.15, 0.2) is 128 Å². The third kappa shape index (κ3) is 20.9. The van der Waals surface area contributed by atoms with Crippen LogP contribution in [0.5, 0.6) is 0 Å². The second-order valence-electron chi connectivity index (χ2n) is 22.6. The van der Waals surface area contributed by atoms with E-state index in [1.54, 1.807) is 29.8 Å². The van der Waals surface area contributed by atoms with Crippen molar-refractivity contribution in [2.75, 3.05) is 31.3 Å². The first-order valence-electron chi connectivity index (χ1n) is 29.2. The summed E-state index contributed by atoms with van der Waals surface area (Å²) in [6.07, 6.45) is 11.2. The fourth-order valence-electron chi connectivity index (χ4n) is 10.9. The maximum absolute atomic E-state index is 13.8. The molecule has 4 aromatic heterocycles. The number of ether oxygens (including phenoxy) is 2. The van der Waals surface area contributed by atoms with Crippen LogP contribution in [0.4, 0.5) is 46.9 Å². The topological polar surface area (TPSA) is 381 Å². The number of anilines is 3. The summed E-state index contributed by atoms with van der Waals surface area (Å²) in [5.41, 5.74) is 18.1. The molecule has 4 fully saturated rings. The fraction of sp³-hybridized carbons (Fsp3) is 0.431. The van der Waals surface area contributed by atoms with E-state index in [9.17, 15) is 62.3 Å². The molecule has 514 valence electrons. The number of esters is 1. The molecule has 4 heterocycles. The highest BCUT2D eigenvalue weighted by Crippen LogP contribution is 2.34. The number of amides is 1. The van der Waals surface area contributed by atoms with Gasteiger partial charge in [0.2, 0.25) is 0 Å². The lowest BCUT2D eigenvalue weighted by atomic mass is 10.0. The first-order valence-corrected chi connectivity index (χ1v) is 29.2. The van der Waals surface area contributed by atoms with Crippen molar-refractivity contribution in [3.63, 3.8) is 0 Å². The Hall–Kier alpha value is -10.1. The molecule has 0 bridgehead atoms. The van der Waals surface area contributed by atoms with Gasteiger partial charge in [0.15, 0.2) is 34.9 Å². The maximum Gasteiger partial charge on any atom is 0.407 e. The van der Waals surface area contributed by atoms with E-state index in [1.807, 2.05) is 49.4 Å². The van der Waals surface area contributed by atoms with Gasteiger partial charge < -0.3 is 47.1 Å². The Morgan fingerprint density at radius 3 is 1.52 bits per heavy atom. The number of nitrogens with one attached hydrogen (secondary N) is 1. The fourth-order valence-corrected chi connectivity index (χ4v) is 10.9. The number of nitro groups is 1. The van der Waals surface area contributed by atoms with Crippen LogP contribution in [-0.2, 0) is 16.0 Å². The number of aryl methyl sites for hydroxylation is 1. The van der Waals surface area contributed by atoms with Gasteiger partial charge in [0.1, 0.15) is 18.0 Å². The number of halogens is 3. The molecule has 27 nitrogen and oxygen atoms in total. The zero-order valence-electron chi connectivity index (χ0n) is 50.0. The average Bonchev–Trinajstić information content (AvgIpc) is 1.86. The summed E-state index contributed by atoms with van der Waals surface area (Å²) in [6, 6.07) is 22.5. The number of rotatable bonds is 13. The van der Waals surface area contributed by atoms with Crippen LogP contribution in [0.3, 0.4) is 0 Å². The molecule has 0 unspecified atom stereocenters. The predicted molar refractivity (Wildman–Crippen MR) is 355 cm³/mol. The van der Waals surface area contributed by atoms with E-state index in [1.165, 1.54) is 39.7 Å². The monoisotopic (exact) mass is 1330 g/mol. The SMILES string of the molecule is C.C.C.C.CN(C)C=Nc1nc(=O)n([C@H]2CC[C@H](O)C2)cc1F.Cc1cn([C@H]2CC[C@H](OC(=O)NCc3ccc(-c4ccccc4)cc3)C2)c(=O)nc1N.Nc1nc(=O)n([C@H]2CC[C@H](O)C2)cc1F.Nc1nc(=O)n([C@H]2CC[C@H](OC(=O)c3ccc([N+](=O)[O-])cc3)C2)cc1F. The predicted octanol–water partition coefficient (Wildman–Crippen LogP) is 8.93. The number of nitrogen functional groups attached to an aromatic ring is 3. The van der Waals surface area contributed by atoms with Gasteiger partial charge in [-0.1, -0.05) is 84.3 Å². The average molecular weight is 1330 g/mol. The minimum atomic E-state index is -0.782. The Morgan fingerprint density at radius 1 is 0.611 bits per heavy atom. The van der Waals surface area contributed by atoms with Crippen molar-refractivity contribution in [2.45, 2.75) is 169 Å². The Balaban J connectivity index is 0.000000274. The smallest absolute Gasteiger partial charge is 0.407 e. The van der Waals surface area contributed by atoms with Crippen molar-refractivity contribution in [1.82, 2.24) is 48.4 Å². The zero-order chi connectivity index (χ0) is 65.6. The summed E-state index contributed by atoms with van der Waals surface area (Å²) in [5.74, 6) is -3.53. The number of aromatic nitrogens is 8. The first kappa shape index (κ1) is 77.3. The number of aliphatic hydroxyl groups excluding tert-OH is 2. The van der Waals surface area contributed by atoms with E-state index in [0.29, 0.717) is 77.2 Å². The summed E-state index contributed by atoms with van der Waals surface area (Å²) in [6.45, 7) is 2.21. The van der Waals surface area contributed by atoms with Gasteiger partial charge in [0, 0.05) is 100 Å². The molecule has 9 N–H and O–H groups in total. The van der Waals surface area contributed by atoms with E-state index < -0.39 is 75.6 Å². The van der Waals surface area contributed by atoms with Crippen molar-refractivity contribution in [3.05, 3.63) is 190 Å². The number of carbonyl (C=O) groups is 2. The highest BCUT2D eigenvalue weighted by Gasteiger charge is 2.32. The Morgan fingerprint density at radius 2 is 1.04 bits per heavy atom. The molecule has 3 aromatic carbocycles. The number of non-ortho nitro benzene ring substituents is 1. The molecule has 95 heavy (non-hydrogen) atoms. The number of nitro benzene ring substituents is 1. The molecule has 0 spiro atoms. The third-order valence-corrected chi connectivity index (χ3v) is 15.7. The van der Waals surface area contributed by atoms with E-state index in [-0.39, 0.29) is 94.4 Å². The minimum absolute atomic E-state index is 0. The highest BCUT2D eigenvalue weighted by atomic mass is 19.1. The van der Waals surface area contributed by atoms with E-state index in [2.05, 4.69) is 42.4 Å². The number of nitrogens with zero attached hydrogens (tertiary/aromatic N) is 11. The maximum atomic E-state index is 13.8. The lowest BCUT2D eigenvalue weighted by Gasteiger charge is -2.16. The molecule has 7 aromatic rings. The number of aliphatic imine (C=N–C) groups is 1. The molecule has 8 atom stereocenters. The summed E-state index contributed by atoms with van der Waals surface area (Å²) in [4.78, 5) is 101. The number of hydrogen-bond acceptors (Lipinski definition) is 20. The van der Waals surface area contributed by atoms with Crippen molar-refractivity contribution >= 4 is 47.4 Å². The van der Waals surface area contributed by atoms with Crippen LogP contribution in [0.2, 0.25) is 0 Å². The van der Waals surface area contributed by atoms with Crippen LogP contribution >= 0.6 is 0 Å². The standard InChI is InChI=1S/C24H26N4O3.C16H15FN4O5.C12H17FN4O2.C9H12FN3O2.4CH4/c1-16-15-28(23(29)27-22(16)25)20-11-12-21(13-20)31-24(30)26-14-17-7-9-19(10-8-17)18-5-3-2-4-6-18;17-13-8-20(16(23)19-14(13)18)11-5-6-12(7-11)26-15(22)9-1-3-10(4-2-9)21(24)25;1-16(2)7-14-11-10(13)6-17(12(19)15-11)8-3-4-9(18)5-8;10-7-4-13(9(15)12-8(7)11)5-1-2-6(14)3-5;;;;/h2-10,15,20-21H,11-14H2,1H3,(H,26,30)(H2,25,27,29);1-4,8,11-12H,5-7H2,(H2,18,19,23);6-9,18H,3-5H2,1-2H3;4-6,14H,1-3H2,(H2,11,12,15);4*1H4/t20-,21-;11-,12-;8-,9-;5-,6-;;;;/m0000..../s1. The summed E-state index contributed by atoms with van der Waals surface area (Å²) >= 11 is 0. The van der Waals surface area contributed by atoms with Crippen LogP contribution < -0.4 is 45.3 Å². The molecule has 4 aliphatic carbocycles. The van der Waals surface area contributed by atoms with Gasteiger partial charge in [-0.3, -0.25) is 28.4 Å². The second kappa shape index (κ2) is 35.2. The van der Waals surface area contributed by atoms with Crippen molar-refractivity contribution in [2.24, 2.45) is 4.99 Å². The van der Waals surface area contributed by atoms with E-state index in [4.69, 9.17) is 26.7 Å². The number of aliphatic hydroxyl groups is 2. The Labute approximate surface area is 547 Å². The van der Waals surface area contributed by atoms with Crippen LogP contribution in [-0.4, -0.2) is 115 Å². The summed E-state index contributed by atoms with van der Waals surface area (Å²) < 4.78 is 56.6. The van der Waals surface area contributed by atoms with Gasteiger partial charge in [-0.15, -0.1) is 0 Å². The molecule has 30 heteroatoms. The van der Waals surface area contributed by atoms with Crippen LogP contribution in [0.1, 0.15) is 152 Å². The number of nitrogens with two attached hydrogens (primary N) is 3. The molecule has 1 amide bonds. The minimum Gasteiger partial charge on any atom is -0.459 e. The van der Waals surface area contributed by atoms with Crippen molar-refractivity contribution < 1.29 is 47.4 Å². The third-order valence-electron chi connectivity index (χ3n) is 15.7. The molecule has 0 radical (unpaired) electrons. The molecule has 4 aliphatic rings. The molecule has 0 aliphatic heterocycles. The van der Waals surface area contributed by atoms with E-state index >= 15 is 0 Å². The zero-order valence-corrected chi connectivity index (χ0v) is 50.0. The number of alkyl carbamates (subject to hydrolysis) is 1. The van der Waals surface area contributed by atoms with Crippen LogP contribution in [0, 0.1) is 34.5 Å². The second-order valence-corrected chi connectivity index (χ2v) is 22.6. The number of benzene rings is 3. The van der Waals surface area contributed by atoms with E-state index in [0.717, 1.165) is 51.8 Å². The normalized spacial score (nSPS) is 19.8. The molecule has 11 rings (SSSR count). The molecular formula is C65H86F3N15O12. The van der Waals surface area contributed by atoms with Gasteiger partial charge >= 0.3 is 34.8 Å². The lowest BCUT2D eigenvalue weighted by molar-refractivity contribution is -0.384.